The number of hydrogen-bond acceptors (Lipinski definition) is 4. The molecule has 0 atom stereocenters. The van der Waals surface area contributed by atoms with Crippen LogP contribution in [-0.4, -0.2) is 64.5 Å². The number of benzene rings is 1. The molecular weight excluding hydrogens is 342 g/mol. The maximum absolute atomic E-state index is 5.78. The standard InChI is InChI=1S/C21H35N3O3/c1-4-22-21(24(2)13-9-18-10-15-26-16-11-18)23-12-6-14-27-20-8-5-7-19(17-20)25-3/h5,7-8,17-18H,4,6,9-16H2,1-3H3,(H,22,23). The Morgan fingerprint density at radius 2 is 2.07 bits per heavy atom. The Bertz CT molecular complexity index is 559. The fraction of sp³-hybridized carbons (Fsp3) is 0.667. The molecular formula is C21H35N3O3. The second kappa shape index (κ2) is 12.4. The second-order valence-corrected chi connectivity index (χ2v) is 6.88. The molecule has 1 aromatic rings. The number of ether oxygens (including phenoxy) is 3. The fourth-order valence-electron chi connectivity index (χ4n) is 3.12. The van der Waals surface area contributed by atoms with E-state index < -0.39 is 0 Å². The van der Waals surface area contributed by atoms with Gasteiger partial charge in [-0.3, -0.25) is 4.99 Å². The quantitative estimate of drug-likeness (QED) is 0.386. The van der Waals surface area contributed by atoms with E-state index in [0.717, 1.165) is 62.6 Å². The lowest BCUT2D eigenvalue weighted by Crippen LogP contribution is -2.40. The highest BCUT2D eigenvalue weighted by molar-refractivity contribution is 5.79. The van der Waals surface area contributed by atoms with Crippen molar-refractivity contribution in [1.82, 2.24) is 10.2 Å². The molecule has 1 aliphatic heterocycles. The monoisotopic (exact) mass is 377 g/mol. The summed E-state index contributed by atoms with van der Waals surface area (Å²) in [5, 5.41) is 3.39. The van der Waals surface area contributed by atoms with Gasteiger partial charge in [0.15, 0.2) is 5.96 Å². The average Bonchev–Trinajstić information content (AvgIpc) is 2.72. The third-order valence-corrected chi connectivity index (χ3v) is 4.78. The predicted octanol–water partition coefficient (Wildman–Crippen LogP) is 3.18. The minimum Gasteiger partial charge on any atom is -0.497 e. The lowest BCUT2D eigenvalue weighted by molar-refractivity contribution is 0.0625. The van der Waals surface area contributed by atoms with E-state index in [2.05, 4.69) is 24.2 Å². The van der Waals surface area contributed by atoms with E-state index in [-0.39, 0.29) is 0 Å². The Morgan fingerprint density at radius 1 is 1.30 bits per heavy atom. The molecule has 0 aromatic heterocycles. The average molecular weight is 378 g/mol. The lowest BCUT2D eigenvalue weighted by Gasteiger charge is -2.26. The van der Waals surface area contributed by atoms with Gasteiger partial charge in [0.1, 0.15) is 11.5 Å². The van der Waals surface area contributed by atoms with Crippen molar-refractivity contribution >= 4 is 5.96 Å². The van der Waals surface area contributed by atoms with E-state index in [1.54, 1.807) is 7.11 Å². The number of rotatable bonds is 10. The van der Waals surface area contributed by atoms with Crippen molar-refractivity contribution in [3.8, 4) is 11.5 Å². The first kappa shape index (κ1) is 21.4. The Labute approximate surface area is 163 Å². The van der Waals surface area contributed by atoms with Crippen LogP contribution in [0.5, 0.6) is 11.5 Å². The van der Waals surface area contributed by atoms with Crippen molar-refractivity contribution in [2.75, 3.05) is 53.6 Å². The molecule has 2 rings (SSSR count). The normalized spacial score (nSPS) is 15.4. The van der Waals surface area contributed by atoms with Gasteiger partial charge in [0.25, 0.3) is 0 Å². The Kier molecular flexibility index (Phi) is 9.84. The summed E-state index contributed by atoms with van der Waals surface area (Å²) < 4.78 is 16.4. The van der Waals surface area contributed by atoms with E-state index in [9.17, 15) is 0 Å². The van der Waals surface area contributed by atoms with Gasteiger partial charge in [-0.2, -0.15) is 0 Å². The van der Waals surface area contributed by atoms with Crippen LogP contribution in [-0.2, 0) is 4.74 Å². The SMILES string of the molecule is CCNC(=NCCCOc1cccc(OC)c1)N(C)CCC1CCOCC1. The number of guanidine groups is 1. The maximum Gasteiger partial charge on any atom is 0.193 e. The van der Waals surface area contributed by atoms with Crippen LogP contribution >= 0.6 is 0 Å². The molecule has 1 N–H and O–H groups in total. The zero-order valence-electron chi connectivity index (χ0n) is 17.1. The molecule has 27 heavy (non-hydrogen) atoms. The Balaban J connectivity index is 1.71. The van der Waals surface area contributed by atoms with Gasteiger partial charge in [0, 0.05) is 52.4 Å². The summed E-state index contributed by atoms with van der Waals surface area (Å²) in [4.78, 5) is 6.98. The summed E-state index contributed by atoms with van der Waals surface area (Å²) in [5.74, 6) is 3.40. The van der Waals surface area contributed by atoms with Gasteiger partial charge in [-0.15, -0.1) is 0 Å². The topological polar surface area (TPSA) is 55.3 Å². The van der Waals surface area contributed by atoms with Crippen molar-refractivity contribution in [2.45, 2.75) is 32.6 Å². The van der Waals surface area contributed by atoms with Crippen LogP contribution in [0.15, 0.2) is 29.3 Å². The molecule has 0 amide bonds. The van der Waals surface area contributed by atoms with E-state index in [1.807, 2.05) is 24.3 Å². The van der Waals surface area contributed by atoms with Crippen LogP contribution < -0.4 is 14.8 Å². The second-order valence-electron chi connectivity index (χ2n) is 6.88. The third-order valence-electron chi connectivity index (χ3n) is 4.78. The molecule has 0 unspecified atom stereocenters. The number of aliphatic imine (C=N–C) groups is 1. The molecule has 0 aliphatic carbocycles. The zero-order valence-corrected chi connectivity index (χ0v) is 17.1. The van der Waals surface area contributed by atoms with Crippen molar-refractivity contribution in [3.63, 3.8) is 0 Å². The Hall–Kier alpha value is -1.95. The predicted molar refractivity (Wildman–Crippen MR) is 110 cm³/mol. The first-order chi connectivity index (χ1) is 13.2. The van der Waals surface area contributed by atoms with Crippen molar-refractivity contribution < 1.29 is 14.2 Å². The van der Waals surface area contributed by atoms with Crippen LogP contribution in [0.2, 0.25) is 0 Å². The highest BCUT2D eigenvalue weighted by Gasteiger charge is 2.15. The van der Waals surface area contributed by atoms with Crippen LogP contribution in [0, 0.1) is 5.92 Å². The third kappa shape index (κ3) is 8.08. The van der Waals surface area contributed by atoms with E-state index in [1.165, 1.54) is 19.3 Å². The van der Waals surface area contributed by atoms with Crippen LogP contribution in [0.1, 0.15) is 32.6 Å². The van der Waals surface area contributed by atoms with Gasteiger partial charge >= 0.3 is 0 Å². The van der Waals surface area contributed by atoms with E-state index in [0.29, 0.717) is 6.61 Å². The van der Waals surface area contributed by atoms with E-state index >= 15 is 0 Å². The molecule has 0 saturated carbocycles. The largest absolute Gasteiger partial charge is 0.497 e. The minimum absolute atomic E-state index is 0.641. The lowest BCUT2D eigenvalue weighted by atomic mass is 9.96. The van der Waals surface area contributed by atoms with Gasteiger partial charge < -0.3 is 24.4 Å². The maximum atomic E-state index is 5.78. The van der Waals surface area contributed by atoms with Gasteiger partial charge in [-0.25, -0.2) is 0 Å². The molecule has 0 spiro atoms. The first-order valence-corrected chi connectivity index (χ1v) is 10.1. The summed E-state index contributed by atoms with van der Waals surface area (Å²) in [6, 6.07) is 7.69. The van der Waals surface area contributed by atoms with Crippen LogP contribution in [0.3, 0.4) is 0 Å². The molecule has 6 nitrogen and oxygen atoms in total. The van der Waals surface area contributed by atoms with Crippen LogP contribution in [0.4, 0.5) is 0 Å². The smallest absolute Gasteiger partial charge is 0.193 e. The summed E-state index contributed by atoms with van der Waals surface area (Å²) in [5.41, 5.74) is 0. The minimum atomic E-state index is 0.641. The molecule has 1 saturated heterocycles. The fourth-order valence-corrected chi connectivity index (χ4v) is 3.12. The molecule has 6 heteroatoms. The summed E-state index contributed by atoms with van der Waals surface area (Å²) >= 11 is 0. The highest BCUT2D eigenvalue weighted by atomic mass is 16.5. The first-order valence-electron chi connectivity index (χ1n) is 10.1. The molecule has 0 radical (unpaired) electrons. The molecule has 1 aromatic carbocycles. The van der Waals surface area contributed by atoms with Crippen molar-refractivity contribution in [1.29, 1.82) is 0 Å². The Morgan fingerprint density at radius 3 is 2.81 bits per heavy atom. The number of methoxy groups -OCH3 is 1. The zero-order chi connectivity index (χ0) is 19.3. The van der Waals surface area contributed by atoms with Gasteiger partial charge in [0.05, 0.1) is 13.7 Å². The van der Waals surface area contributed by atoms with Crippen molar-refractivity contribution in [3.05, 3.63) is 24.3 Å². The molecule has 1 aliphatic rings. The van der Waals surface area contributed by atoms with Crippen LogP contribution in [0.25, 0.3) is 0 Å². The van der Waals surface area contributed by atoms with Gasteiger partial charge in [0.2, 0.25) is 0 Å². The molecule has 0 bridgehead atoms. The van der Waals surface area contributed by atoms with Crippen molar-refractivity contribution in [2.24, 2.45) is 10.9 Å². The molecule has 1 fully saturated rings. The van der Waals surface area contributed by atoms with Gasteiger partial charge in [-0.05, 0) is 44.2 Å². The summed E-state index contributed by atoms with van der Waals surface area (Å²) in [7, 11) is 3.78. The van der Waals surface area contributed by atoms with Gasteiger partial charge in [-0.1, -0.05) is 6.07 Å². The number of nitrogens with zero attached hydrogens (tertiary/aromatic N) is 2. The summed E-state index contributed by atoms with van der Waals surface area (Å²) in [6.45, 7) is 7.22. The molecule has 1 heterocycles. The summed E-state index contributed by atoms with van der Waals surface area (Å²) in [6.07, 6.45) is 4.44. The molecule has 152 valence electrons. The number of hydrogen-bond donors (Lipinski definition) is 1. The highest BCUT2D eigenvalue weighted by Crippen LogP contribution is 2.19. The van der Waals surface area contributed by atoms with E-state index in [4.69, 9.17) is 19.2 Å². The number of nitrogens with one attached hydrogen (secondary N) is 1.